The maximum Gasteiger partial charge on any atom is 0 e. The summed E-state index contributed by atoms with van der Waals surface area (Å²) in [6, 6.07) is 0. The predicted octanol–water partition coefficient (Wildman–Crippen LogP) is 34.1. The lowest BCUT2D eigenvalue weighted by molar-refractivity contribution is 0.143. The number of hydrogen-bond acceptors (Lipinski definition) is 0. The van der Waals surface area contributed by atoms with Crippen molar-refractivity contribution < 1.29 is 14.3 Å². The highest BCUT2D eigenvalue weighted by molar-refractivity contribution is 4.94. The minimum atomic E-state index is 0. The van der Waals surface area contributed by atoms with E-state index in [0.29, 0.717) is 0 Å². The molecule has 0 aromatic heterocycles. The summed E-state index contributed by atoms with van der Waals surface area (Å²) in [4.78, 5) is 0. The average molecular weight is 1330 g/mol. The minimum Gasteiger partial charge on any atom is -0.103 e. The molecule has 0 N–H and O–H groups in total. The molecule has 10 saturated carbocycles. The number of allylic oxidation sites excluding steroid dienone is 11. The Morgan fingerprint density at radius 3 is 0.726 bits per heavy atom. The van der Waals surface area contributed by atoms with Crippen LogP contribution in [0.3, 0.4) is 0 Å². The third-order valence-corrected chi connectivity index (χ3v) is 29.2. The second-order valence-corrected chi connectivity index (χ2v) is 35.4. The summed E-state index contributed by atoms with van der Waals surface area (Å²) in [6.07, 6.45) is 106. The van der Waals surface area contributed by atoms with Crippen LogP contribution in [0.15, 0.2) is 73.4 Å². The van der Waals surface area contributed by atoms with E-state index in [1.54, 1.807) is 77.0 Å². The van der Waals surface area contributed by atoms with Crippen LogP contribution in [0.1, 0.15) is 423 Å². The summed E-state index contributed by atoms with van der Waals surface area (Å²) in [6.45, 7) is 24.1. The molecule has 0 radical (unpaired) electrons. The van der Waals surface area contributed by atoms with Crippen molar-refractivity contribution in [1.29, 1.82) is 0 Å². The smallest absolute Gasteiger partial charge is 0 e. The van der Waals surface area contributed by atoms with Gasteiger partial charge in [0, 0.05) is 14.3 Å². The second-order valence-electron chi connectivity index (χ2n) is 35.4. The van der Waals surface area contributed by atoms with Gasteiger partial charge in [0.1, 0.15) is 0 Å². The SMILES string of the molecule is C/C=C/CC1CCC(C2CCC(CC)CC2)CC1.C/C=C/CC1CCC(C2CCC(CCC)CC2)CC1.C/C=C/CC1CCC(C2CCC(CCCC)CC2)CC1.C/C=C/CC1CCC(C2CCC(CCCCC)CC2)CC1.C=CC1CCC(C2CCC(/C=C/C)CC2)CC1.[HH].[HH].[HH].[HH].[HH].[HH].[HH].[HH].[HH].[HH]. The van der Waals surface area contributed by atoms with E-state index in [1.165, 1.54) is 270 Å². The molecule has 0 saturated heterocycles. The summed E-state index contributed by atoms with van der Waals surface area (Å²) in [7, 11) is 0. The van der Waals surface area contributed by atoms with Crippen LogP contribution in [0.4, 0.5) is 0 Å². The first-order valence-electron chi connectivity index (χ1n) is 44.4. The molecule has 10 fully saturated rings. The first-order chi connectivity index (χ1) is 46.7. The third-order valence-electron chi connectivity index (χ3n) is 29.2. The zero-order valence-corrected chi connectivity index (χ0v) is 65.8. The number of unbranched alkanes of at least 4 members (excludes halogenated alkanes) is 3. The van der Waals surface area contributed by atoms with Crippen molar-refractivity contribution in [2.45, 2.75) is 409 Å². The van der Waals surface area contributed by atoms with Crippen LogP contribution >= 0.6 is 0 Å². The molecule has 10 aliphatic rings. The molecule has 95 heavy (non-hydrogen) atoms. The zero-order valence-electron chi connectivity index (χ0n) is 65.8. The molecule has 0 unspecified atom stereocenters. The molecule has 0 aromatic rings. The van der Waals surface area contributed by atoms with Gasteiger partial charge in [-0.1, -0.05) is 210 Å². The van der Waals surface area contributed by atoms with Gasteiger partial charge in [0.25, 0.3) is 0 Å². The maximum absolute atomic E-state index is 3.94. The highest BCUT2D eigenvalue weighted by Gasteiger charge is 2.35. The van der Waals surface area contributed by atoms with Gasteiger partial charge in [0.05, 0.1) is 0 Å². The molecule has 0 spiro atoms. The Morgan fingerprint density at radius 2 is 0.484 bits per heavy atom. The Labute approximate surface area is 612 Å². The average Bonchev–Trinajstić information content (AvgIpc) is 0.894. The normalized spacial score (nSPS) is 36.7. The molecule has 0 aliphatic heterocycles. The molecule has 0 aromatic carbocycles. The van der Waals surface area contributed by atoms with Crippen LogP contribution in [0.2, 0.25) is 0 Å². The standard InChI is InChI=1S/C21H38.C20H36.C19H34.C18H32.C17H28.10H2/c1-3-5-7-9-19-12-16-21(17-13-19)20-14-10-18(11-15-20)8-6-4-2;1-3-5-7-17-9-13-19(14-10-17)20-15-11-18(12-16-20)8-6-4-2;1-3-5-7-17-10-14-19(15-11-17)18-12-8-16(6-4-2)9-13-18;1-3-5-6-16-9-13-18(14-10-16)17-11-7-15(4-2)8-12-17;1-3-5-15-8-12-17(13-9-15)16-10-6-14(4-2)7-11-16;;;;;;;;;;/h4,6,18-21H,3,5,7-17H2,1-2H3;3,5,17-20H,4,6-16H2,1-2H3;3,5,16-19H,4,6-15H2,1-2H3;3,5,15-18H,4,6-14H2,1-2H3;3-5,14-17H,2,6-13H2,1H3;10*1H/b6-4+;4*5-3+;;;;;;;;;;. The largest absolute Gasteiger partial charge is 0.103 e. The molecule has 0 amide bonds. The highest BCUT2D eigenvalue weighted by Crippen LogP contribution is 2.48. The number of hydrogen-bond donors (Lipinski definition) is 0. The van der Waals surface area contributed by atoms with Crippen LogP contribution in [0, 0.1) is 118 Å². The van der Waals surface area contributed by atoms with Crippen molar-refractivity contribution in [3.05, 3.63) is 73.4 Å². The molecule has 568 valence electrons. The minimum absolute atomic E-state index is 0. The van der Waals surface area contributed by atoms with E-state index in [1.807, 2.05) is 0 Å². The first-order valence-corrected chi connectivity index (χ1v) is 44.4. The van der Waals surface area contributed by atoms with Crippen molar-refractivity contribution in [2.75, 3.05) is 0 Å². The molecule has 0 heterocycles. The number of rotatable bonds is 25. The lowest BCUT2D eigenvalue weighted by Crippen LogP contribution is -2.25. The van der Waals surface area contributed by atoms with E-state index < -0.39 is 0 Å². The van der Waals surface area contributed by atoms with E-state index in [9.17, 15) is 0 Å². The Bertz CT molecular complexity index is 1980. The molecule has 0 atom stereocenters. The molecular weight excluding hydrogens is 1140 g/mol. The Morgan fingerprint density at radius 1 is 0.242 bits per heavy atom. The van der Waals surface area contributed by atoms with Crippen LogP contribution in [-0.4, -0.2) is 0 Å². The summed E-state index contributed by atoms with van der Waals surface area (Å²) in [5.41, 5.74) is 0. The van der Waals surface area contributed by atoms with Gasteiger partial charge in [-0.3, -0.25) is 0 Å². The fraction of sp³-hybridized carbons (Fsp3) is 0.874. The van der Waals surface area contributed by atoms with Gasteiger partial charge in [-0.15, -0.1) is 6.58 Å². The quantitative estimate of drug-likeness (QED) is 0.0631. The Balaban J connectivity index is -0.000000388. The summed E-state index contributed by atoms with van der Waals surface area (Å²) in [5.74, 6) is 20.8. The van der Waals surface area contributed by atoms with Crippen LogP contribution in [-0.2, 0) is 0 Å². The van der Waals surface area contributed by atoms with Gasteiger partial charge in [-0.05, 0) is 384 Å². The Hall–Kier alpha value is -1.56. The molecule has 0 nitrogen and oxygen atoms in total. The lowest BCUT2D eigenvalue weighted by Gasteiger charge is -2.37. The van der Waals surface area contributed by atoms with Crippen molar-refractivity contribution in [2.24, 2.45) is 118 Å². The van der Waals surface area contributed by atoms with Crippen molar-refractivity contribution in [1.82, 2.24) is 0 Å². The van der Waals surface area contributed by atoms with Gasteiger partial charge < -0.3 is 0 Å². The highest BCUT2D eigenvalue weighted by atomic mass is 14.4. The topological polar surface area (TPSA) is 0 Å². The zero-order chi connectivity index (χ0) is 67.5. The fourth-order valence-corrected chi connectivity index (χ4v) is 22.3. The summed E-state index contributed by atoms with van der Waals surface area (Å²) < 4.78 is 0. The van der Waals surface area contributed by atoms with E-state index in [0.717, 1.165) is 118 Å². The maximum atomic E-state index is 3.94. The first kappa shape index (κ1) is 82.4. The lowest BCUT2D eigenvalue weighted by atomic mass is 9.68. The van der Waals surface area contributed by atoms with E-state index in [4.69, 9.17) is 0 Å². The predicted molar refractivity (Wildman–Crippen MR) is 447 cm³/mol. The van der Waals surface area contributed by atoms with Crippen LogP contribution < -0.4 is 0 Å². The van der Waals surface area contributed by atoms with Gasteiger partial charge >= 0.3 is 0 Å². The van der Waals surface area contributed by atoms with Gasteiger partial charge in [0.15, 0.2) is 0 Å². The monoisotopic (exact) mass is 1330 g/mol. The van der Waals surface area contributed by atoms with Crippen molar-refractivity contribution >= 4 is 0 Å². The molecular formula is C95H188. The van der Waals surface area contributed by atoms with Gasteiger partial charge in [-0.2, -0.15) is 0 Å². The van der Waals surface area contributed by atoms with E-state index in [-0.39, 0.29) is 14.3 Å². The van der Waals surface area contributed by atoms with E-state index >= 15 is 0 Å². The molecule has 0 heteroatoms. The van der Waals surface area contributed by atoms with Gasteiger partial charge in [-0.25, -0.2) is 0 Å². The van der Waals surface area contributed by atoms with Crippen molar-refractivity contribution in [3.8, 4) is 0 Å². The fourth-order valence-electron chi connectivity index (χ4n) is 22.3. The summed E-state index contributed by atoms with van der Waals surface area (Å²) >= 11 is 0. The molecule has 10 aliphatic carbocycles. The van der Waals surface area contributed by atoms with Crippen LogP contribution in [0.25, 0.3) is 0 Å². The third kappa shape index (κ3) is 32.1. The van der Waals surface area contributed by atoms with Crippen molar-refractivity contribution in [3.63, 3.8) is 0 Å². The molecule has 0 bridgehead atoms. The molecule has 10 rings (SSSR count). The van der Waals surface area contributed by atoms with Gasteiger partial charge in [0.2, 0.25) is 0 Å². The van der Waals surface area contributed by atoms with E-state index in [2.05, 4.69) is 136 Å². The second kappa shape index (κ2) is 50.7. The Kier molecular flexibility index (Phi) is 44.0. The van der Waals surface area contributed by atoms with Crippen LogP contribution in [0.5, 0.6) is 0 Å². The summed E-state index contributed by atoms with van der Waals surface area (Å²) in [5, 5.41) is 0.